The normalized spacial score (nSPS) is 23.4. The lowest BCUT2D eigenvalue weighted by molar-refractivity contribution is 0.100. The fraction of sp³-hybridized carbons (Fsp3) is 0.364. The molecule has 0 radical (unpaired) electrons. The van der Waals surface area contributed by atoms with Crippen molar-refractivity contribution in [1.29, 1.82) is 0 Å². The van der Waals surface area contributed by atoms with Crippen LogP contribution in [0, 0.1) is 5.41 Å². The van der Waals surface area contributed by atoms with Gasteiger partial charge in [0.15, 0.2) is 0 Å². The Hall–Kier alpha value is -2.57. The summed E-state index contributed by atoms with van der Waals surface area (Å²) in [6.07, 6.45) is 5.25. The number of fused-ring (bicyclic) bond motifs is 1. The third kappa shape index (κ3) is 3.26. The summed E-state index contributed by atoms with van der Waals surface area (Å²) >= 11 is 6.16. The molecule has 0 aliphatic heterocycles. The highest BCUT2D eigenvalue weighted by Crippen LogP contribution is 2.46. The van der Waals surface area contributed by atoms with Gasteiger partial charge in [-0.1, -0.05) is 37.6 Å². The zero-order valence-electron chi connectivity index (χ0n) is 16.9. The number of rotatable bonds is 4. The van der Waals surface area contributed by atoms with Crippen molar-refractivity contribution in [3.8, 4) is 11.1 Å². The molecule has 2 aromatic heterocycles. The average Bonchev–Trinajstić information content (AvgIpc) is 3.16. The summed E-state index contributed by atoms with van der Waals surface area (Å²) in [7, 11) is 0. The van der Waals surface area contributed by atoms with E-state index >= 15 is 0 Å². The lowest BCUT2D eigenvalue weighted by Crippen LogP contribution is -2.51. The van der Waals surface area contributed by atoms with Gasteiger partial charge in [-0.25, -0.2) is 4.52 Å². The van der Waals surface area contributed by atoms with Crippen LogP contribution >= 0.6 is 11.6 Å². The van der Waals surface area contributed by atoms with E-state index in [2.05, 4.69) is 31.2 Å². The van der Waals surface area contributed by atoms with Crippen LogP contribution in [0.25, 0.3) is 16.6 Å². The number of nitrogens with one attached hydrogen (secondary N) is 1. The summed E-state index contributed by atoms with van der Waals surface area (Å²) in [4.78, 5) is 12.1. The molecule has 1 amide bonds. The summed E-state index contributed by atoms with van der Waals surface area (Å²) in [5.41, 5.74) is 15.5. The van der Waals surface area contributed by atoms with Gasteiger partial charge in [-0.2, -0.15) is 5.10 Å². The molecule has 152 valence electrons. The van der Waals surface area contributed by atoms with Crippen molar-refractivity contribution in [2.24, 2.45) is 16.9 Å². The monoisotopic (exact) mass is 411 g/mol. The topological polar surface area (TPSA) is 98.4 Å². The minimum absolute atomic E-state index is 0.103. The van der Waals surface area contributed by atoms with Crippen molar-refractivity contribution in [3.63, 3.8) is 0 Å². The molecule has 1 fully saturated rings. The number of nitrogens with zero attached hydrogens (tertiary/aromatic N) is 2. The predicted molar refractivity (Wildman–Crippen MR) is 117 cm³/mol. The number of hydrogen-bond acceptors (Lipinski definition) is 4. The second-order valence-corrected chi connectivity index (χ2v) is 9.18. The fourth-order valence-corrected chi connectivity index (χ4v) is 4.36. The number of halogens is 1. The molecule has 0 unspecified atom stereocenters. The van der Waals surface area contributed by atoms with E-state index in [1.54, 1.807) is 4.52 Å². The first-order valence-corrected chi connectivity index (χ1v) is 10.1. The Morgan fingerprint density at radius 1 is 1.28 bits per heavy atom. The molecule has 1 aliphatic rings. The molecular weight excluding hydrogens is 386 g/mol. The molecule has 6 nitrogen and oxygen atoms in total. The molecule has 29 heavy (non-hydrogen) atoms. The molecule has 7 heteroatoms. The lowest BCUT2D eigenvalue weighted by Gasteiger charge is -2.39. The van der Waals surface area contributed by atoms with E-state index in [9.17, 15) is 4.79 Å². The molecule has 5 N–H and O–H groups in total. The van der Waals surface area contributed by atoms with Gasteiger partial charge in [0.25, 0.3) is 5.91 Å². The van der Waals surface area contributed by atoms with E-state index < -0.39 is 5.91 Å². The summed E-state index contributed by atoms with van der Waals surface area (Å²) in [5.74, 6) is -0.515. The van der Waals surface area contributed by atoms with Crippen LogP contribution < -0.4 is 16.8 Å². The first-order chi connectivity index (χ1) is 13.6. The predicted octanol–water partition coefficient (Wildman–Crippen LogP) is 4.07. The largest absolute Gasteiger partial charge is 0.379 e. The van der Waals surface area contributed by atoms with Crippen molar-refractivity contribution in [1.82, 2.24) is 9.61 Å². The van der Waals surface area contributed by atoms with E-state index in [1.165, 1.54) is 6.20 Å². The second kappa shape index (κ2) is 6.75. The van der Waals surface area contributed by atoms with Crippen molar-refractivity contribution in [3.05, 3.63) is 53.3 Å². The fourth-order valence-electron chi connectivity index (χ4n) is 4.17. The Bertz CT molecular complexity index is 1100. The number of primary amides is 1. The van der Waals surface area contributed by atoms with Crippen LogP contribution in [0.15, 0.2) is 42.7 Å². The molecule has 1 aromatic carbocycles. The summed E-state index contributed by atoms with van der Waals surface area (Å²) in [5, 5.41) is 8.64. The van der Waals surface area contributed by atoms with Crippen molar-refractivity contribution < 1.29 is 4.79 Å². The minimum atomic E-state index is -0.515. The zero-order chi connectivity index (χ0) is 21.0. The highest BCUT2D eigenvalue weighted by atomic mass is 35.5. The number of hydrogen-bond donors (Lipinski definition) is 3. The number of nitrogens with two attached hydrogens (primary N) is 2. The second-order valence-electron chi connectivity index (χ2n) is 8.74. The van der Waals surface area contributed by atoms with Gasteiger partial charge in [-0.3, -0.25) is 4.79 Å². The highest BCUT2D eigenvalue weighted by molar-refractivity contribution is 6.30. The van der Waals surface area contributed by atoms with Crippen LogP contribution in [0.3, 0.4) is 0 Å². The van der Waals surface area contributed by atoms with E-state index in [0.717, 1.165) is 29.5 Å². The Kier molecular flexibility index (Phi) is 4.59. The van der Waals surface area contributed by atoms with Gasteiger partial charge in [0.05, 0.1) is 23.0 Å². The Morgan fingerprint density at radius 2 is 2.03 bits per heavy atom. The Morgan fingerprint density at radius 3 is 2.66 bits per heavy atom. The quantitative estimate of drug-likeness (QED) is 0.602. The SMILES string of the molecule is CC1(C)[C@H](Nc2c(C(N)=O)cnn3cc(-c4cccc(Cl)c4)cc23)CC[C@]1(C)N. The summed E-state index contributed by atoms with van der Waals surface area (Å²) in [6, 6.07) is 9.73. The minimum Gasteiger partial charge on any atom is -0.379 e. The number of carbonyl (C=O) groups is 1. The van der Waals surface area contributed by atoms with Gasteiger partial charge in [0, 0.05) is 33.8 Å². The van der Waals surface area contributed by atoms with E-state index in [0.29, 0.717) is 16.3 Å². The molecule has 0 spiro atoms. The van der Waals surface area contributed by atoms with E-state index in [1.807, 2.05) is 36.5 Å². The van der Waals surface area contributed by atoms with Gasteiger partial charge >= 0.3 is 0 Å². The van der Waals surface area contributed by atoms with Crippen LogP contribution in [0.2, 0.25) is 5.02 Å². The first-order valence-electron chi connectivity index (χ1n) is 9.73. The number of aromatic nitrogens is 2. The van der Waals surface area contributed by atoms with Crippen molar-refractivity contribution in [2.75, 3.05) is 5.32 Å². The molecule has 2 heterocycles. The average molecular weight is 412 g/mol. The van der Waals surface area contributed by atoms with E-state index in [-0.39, 0.29) is 17.0 Å². The molecule has 4 rings (SSSR count). The first kappa shape index (κ1) is 19.7. The maximum absolute atomic E-state index is 12.1. The van der Waals surface area contributed by atoms with Gasteiger partial charge in [0.1, 0.15) is 0 Å². The number of amides is 1. The number of anilines is 1. The summed E-state index contributed by atoms with van der Waals surface area (Å²) < 4.78 is 1.76. The van der Waals surface area contributed by atoms with Crippen LogP contribution in [0.5, 0.6) is 0 Å². The number of carbonyl (C=O) groups excluding carboxylic acids is 1. The highest BCUT2D eigenvalue weighted by Gasteiger charge is 2.49. The molecule has 2 atom stereocenters. The summed E-state index contributed by atoms with van der Waals surface area (Å²) in [6.45, 7) is 6.41. The van der Waals surface area contributed by atoms with Crippen LogP contribution in [-0.2, 0) is 0 Å². The molecule has 0 bridgehead atoms. The van der Waals surface area contributed by atoms with Gasteiger partial charge < -0.3 is 16.8 Å². The van der Waals surface area contributed by atoms with Gasteiger partial charge in [-0.15, -0.1) is 0 Å². The standard InChI is InChI=1S/C22H26ClN5O/c1-21(2)18(7-8-22(21,3)25)27-19-16(20(24)29)11-26-28-12-14(10-17(19)28)13-5-4-6-15(23)9-13/h4-6,9-12,18,27H,7-8,25H2,1-3H3,(H2,24,29)/t18-,22+/m1/s1. The third-order valence-corrected chi connectivity index (χ3v) is 6.91. The smallest absolute Gasteiger partial charge is 0.252 e. The van der Waals surface area contributed by atoms with Gasteiger partial charge in [-0.05, 0) is 43.5 Å². The molecule has 3 aromatic rings. The number of benzene rings is 1. The lowest BCUT2D eigenvalue weighted by atomic mass is 9.75. The van der Waals surface area contributed by atoms with Crippen molar-refractivity contribution >= 4 is 28.7 Å². The maximum atomic E-state index is 12.1. The van der Waals surface area contributed by atoms with E-state index in [4.69, 9.17) is 23.1 Å². The zero-order valence-corrected chi connectivity index (χ0v) is 17.6. The Labute approximate surface area is 175 Å². The third-order valence-electron chi connectivity index (χ3n) is 6.67. The van der Waals surface area contributed by atoms with Crippen LogP contribution in [0.1, 0.15) is 44.0 Å². The molecular formula is C22H26ClN5O. The molecule has 1 saturated carbocycles. The van der Waals surface area contributed by atoms with Crippen LogP contribution in [-0.4, -0.2) is 27.1 Å². The molecule has 1 aliphatic carbocycles. The maximum Gasteiger partial charge on any atom is 0.252 e. The van der Waals surface area contributed by atoms with Gasteiger partial charge in [0.2, 0.25) is 0 Å². The molecule has 0 saturated heterocycles. The Balaban J connectivity index is 1.83. The van der Waals surface area contributed by atoms with Crippen LogP contribution in [0.4, 0.5) is 5.69 Å². The van der Waals surface area contributed by atoms with Crippen molar-refractivity contribution in [2.45, 2.75) is 45.2 Å².